The Hall–Kier alpha value is -5.60. The lowest BCUT2D eigenvalue weighted by Gasteiger charge is -2.35. The maximum atomic E-state index is 14.0. The van der Waals surface area contributed by atoms with Crippen LogP contribution in [0.1, 0.15) is 89.8 Å². The number of aromatic nitrogens is 2. The number of hydroxylamine groups is 1. The van der Waals surface area contributed by atoms with E-state index in [1.165, 1.54) is 43.0 Å². The summed E-state index contributed by atoms with van der Waals surface area (Å²) in [4.78, 5) is 65.6. The number of methoxy groups -OCH3 is 2. The maximum Gasteiger partial charge on any atom is 0.354 e. The average molecular weight is 776 g/mol. The van der Waals surface area contributed by atoms with E-state index in [0.717, 1.165) is 25.0 Å². The molecule has 2 aliphatic rings. The Labute approximate surface area is 328 Å². The van der Waals surface area contributed by atoms with Crippen molar-refractivity contribution in [1.29, 1.82) is 0 Å². The molecule has 0 saturated carbocycles. The number of fused-ring (bicyclic) bond motifs is 4. The summed E-state index contributed by atoms with van der Waals surface area (Å²) in [6, 6.07) is 34.4. The molecular weight excluding hydrogens is 735 g/mol. The molecule has 0 unspecified atom stereocenters. The van der Waals surface area contributed by atoms with Gasteiger partial charge in [0.2, 0.25) is 5.78 Å². The summed E-state index contributed by atoms with van der Waals surface area (Å²) in [5.74, 6) is -4.05. The van der Waals surface area contributed by atoms with Gasteiger partial charge in [-0.2, -0.15) is 0 Å². The number of amides is 1. The summed E-state index contributed by atoms with van der Waals surface area (Å²) in [7, 11) is 2.39. The van der Waals surface area contributed by atoms with Crippen LogP contribution >= 0.6 is 11.8 Å². The molecule has 1 saturated heterocycles. The number of aromatic amines is 1. The van der Waals surface area contributed by atoms with Gasteiger partial charge in [-0.05, 0) is 47.4 Å². The normalized spacial score (nSPS) is 14.2. The van der Waals surface area contributed by atoms with Gasteiger partial charge in [-0.1, -0.05) is 104 Å². The fourth-order valence-electron chi connectivity index (χ4n) is 7.25. The largest absolute Gasteiger partial charge is 0.465 e. The van der Waals surface area contributed by atoms with Gasteiger partial charge in [0, 0.05) is 11.1 Å². The van der Waals surface area contributed by atoms with Gasteiger partial charge in [0.05, 0.1) is 50.0 Å². The second-order valence-corrected chi connectivity index (χ2v) is 14.5. The molecule has 2 N–H and O–H groups in total. The zero-order valence-corrected chi connectivity index (χ0v) is 31.8. The minimum Gasteiger partial charge on any atom is -0.465 e. The number of carbonyl (C=O) groups excluding carboxylic acids is 4. The highest BCUT2D eigenvalue weighted by atomic mass is 32.2. The first-order chi connectivity index (χ1) is 27.3. The van der Waals surface area contributed by atoms with Crippen LogP contribution in [0.5, 0.6) is 0 Å². The molecule has 0 radical (unpaired) electrons. The highest BCUT2D eigenvalue weighted by Gasteiger charge is 2.55. The lowest BCUT2D eigenvalue weighted by Crippen LogP contribution is -2.41. The number of unbranched alkanes of at least 4 members (excludes halogenated alkanes) is 3. The number of hydrogen-bond acceptors (Lipinski definition) is 11. The molecule has 5 aromatic rings. The predicted molar refractivity (Wildman–Crippen MR) is 208 cm³/mol. The molecular formula is C43H41N3O9S. The molecule has 1 spiro atoms. The van der Waals surface area contributed by atoms with E-state index in [1.54, 1.807) is 0 Å². The van der Waals surface area contributed by atoms with E-state index < -0.39 is 29.4 Å². The van der Waals surface area contributed by atoms with Crippen molar-refractivity contribution in [2.75, 3.05) is 39.8 Å². The fourth-order valence-corrected chi connectivity index (χ4v) is 8.81. The van der Waals surface area contributed by atoms with Gasteiger partial charge in [0.1, 0.15) is 17.1 Å². The number of thioether (sulfide) groups is 1. The molecule has 12 nitrogen and oxygen atoms in total. The predicted octanol–water partition coefficient (Wildman–Crippen LogP) is 6.99. The van der Waals surface area contributed by atoms with Crippen molar-refractivity contribution in [3.63, 3.8) is 0 Å². The Bertz CT molecular complexity index is 2110. The fraction of sp³-hybridized carbons (Fsp3) is 0.279. The molecule has 7 rings (SSSR count). The minimum atomic E-state index is -1.93. The number of pyridine rings is 1. The van der Waals surface area contributed by atoms with Crippen molar-refractivity contribution in [3.8, 4) is 11.3 Å². The van der Waals surface area contributed by atoms with Gasteiger partial charge >= 0.3 is 11.9 Å². The molecule has 2 aromatic heterocycles. The highest BCUT2D eigenvalue weighted by Crippen LogP contribution is 2.49. The van der Waals surface area contributed by atoms with Gasteiger partial charge < -0.3 is 23.9 Å². The van der Waals surface area contributed by atoms with Crippen molar-refractivity contribution in [2.45, 2.75) is 36.2 Å². The first kappa shape index (κ1) is 38.7. The third-order valence-electron chi connectivity index (χ3n) is 9.86. The van der Waals surface area contributed by atoms with Crippen LogP contribution in [-0.4, -0.2) is 73.4 Å². The van der Waals surface area contributed by atoms with Crippen LogP contribution in [0, 0.1) is 0 Å². The van der Waals surface area contributed by atoms with E-state index >= 15 is 0 Å². The Kier molecular flexibility index (Phi) is 11.8. The molecule has 56 heavy (non-hydrogen) atoms. The second-order valence-electron chi connectivity index (χ2n) is 13.2. The van der Waals surface area contributed by atoms with Crippen LogP contribution in [0.25, 0.3) is 11.3 Å². The number of carbonyl (C=O) groups is 4. The van der Waals surface area contributed by atoms with E-state index in [1.807, 2.05) is 30.0 Å². The molecule has 1 aliphatic heterocycles. The van der Waals surface area contributed by atoms with Crippen molar-refractivity contribution in [3.05, 3.63) is 148 Å². The summed E-state index contributed by atoms with van der Waals surface area (Å²) in [5.41, 5.74) is 5.82. The van der Waals surface area contributed by atoms with E-state index in [4.69, 9.17) is 23.8 Å². The van der Waals surface area contributed by atoms with E-state index in [-0.39, 0.29) is 64.0 Å². The first-order valence-electron chi connectivity index (χ1n) is 18.3. The van der Waals surface area contributed by atoms with Gasteiger partial charge in [-0.3, -0.25) is 14.4 Å². The second kappa shape index (κ2) is 17.0. The standard InChI is InChI=1S/C43H41N3O9S/c1-51-40(49)31-26-33(44-37-35(31)36-32(27-34(45-36)41(50)52-2)43(38(37)47)53-23-24-54-43)39(48)46-55-22-14-3-4-15-25-56-42(28-16-8-5-9-17-28,29-18-10-6-11-19-29)30-20-12-7-13-21-30/h5-13,16-21,26-27,45H,3-4,14-15,22-25H2,1-2H3,(H,46,48). The van der Waals surface area contributed by atoms with Gasteiger partial charge in [0.25, 0.3) is 11.7 Å². The van der Waals surface area contributed by atoms with Crippen LogP contribution in [0.3, 0.4) is 0 Å². The summed E-state index contributed by atoms with van der Waals surface area (Å²) in [6.45, 7) is 0.416. The van der Waals surface area contributed by atoms with Crippen LogP contribution in [0.2, 0.25) is 0 Å². The first-order valence-corrected chi connectivity index (χ1v) is 19.3. The van der Waals surface area contributed by atoms with Gasteiger partial charge in [0.15, 0.2) is 0 Å². The van der Waals surface area contributed by atoms with Gasteiger partial charge in [-0.15, -0.1) is 11.8 Å². The van der Waals surface area contributed by atoms with E-state index in [2.05, 4.69) is 88.2 Å². The highest BCUT2D eigenvalue weighted by molar-refractivity contribution is 8.00. The number of benzene rings is 3. The molecule has 1 fully saturated rings. The third-order valence-corrected chi connectivity index (χ3v) is 11.5. The Morgan fingerprint density at radius 3 is 1.95 bits per heavy atom. The minimum absolute atomic E-state index is 0.001000. The third kappa shape index (κ3) is 7.26. The number of esters is 2. The van der Waals surface area contributed by atoms with Crippen molar-refractivity contribution in [2.24, 2.45) is 0 Å². The van der Waals surface area contributed by atoms with Crippen LogP contribution in [0.15, 0.2) is 103 Å². The number of nitrogens with zero attached hydrogens (tertiary/aromatic N) is 1. The summed E-state index contributed by atoms with van der Waals surface area (Å²) >= 11 is 1.93. The van der Waals surface area contributed by atoms with Crippen LogP contribution < -0.4 is 5.48 Å². The molecule has 288 valence electrons. The van der Waals surface area contributed by atoms with Crippen molar-refractivity contribution in [1.82, 2.24) is 15.4 Å². The number of Topliss-reactive ketones (excluding diaryl/α,β-unsaturated/α-hetero) is 1. The molecule has 13 heteroatoms. The van der Waals surface area contributed by atoms with Crippen LogP contribution in [0.4, 0.5) is 0 Å². The number of ketones is 1. The van der Waals surface area contributed by atoms with Crippen molar-refractivity contribution >= 4 is 35.4 Å². The topological polar surface area (TPSA) is 155 Å². The molecule has 0 atom stereocenters. The molecule has 3 aromatic carbocycles. The molecule has 0 bridgehead atoms. The number of ether oxygens (including phenoxy) is 4. The van der Waals surface area contributed by atoms with Crippen molar-refractivity contribution < 1.29 is 43.0 Å². The van der Waals surface area contributed by atoms with Gasteiger partial charge in [-0.25, -0.2) is 20.1 Å². The van der Waals surface area contributed by atoms with E-state index in [9.17, 15) is 19.2 Å². The lowest BCUT2D eigenvalue weighted by molar-refractivity contribution is -0.126. The number of nitrogens with one attached hydrogen (secondary N) is 2. The monoisotopic (exact) mass is 775 g/mol. The Morgan fingerprint density at radius 2 is 1.38 bits per heavy atom. The summed E-state index contributed by atoms with van der Waals surface area (Å²) < 4.78 is 21.1. The summed E-state index contributed by atoms with van der Waals surface area (Å²) in [6.07, 6.45) is 3.50. The summed E-state index contributed by atoms with van der Waals surface area (Å²) in [5, 5.41) is 0. The van der Waals surface area contributed by atoms with E-state index in [0.29, 0.717) is 6.42 Å². The zero-order valence-electron chi connectivity index (χ0n) is 31.0. The lowest BCUT2D eigenvalue weighted by atomic mass is 9.84. The quantitative estimate of drug-likeness (QED) is 0.0489. The number of rotatable bonds is 15. The number of hydrogen-bond donors (Lipinski definition) is 2. The molecule has 3 heterocycles. The Morgan fingerprint density at radius 1 is 0.804 bits per heavy atom. The Balaban J connectivity index is 0.987. The number of H-pyrrole nitrogens is 1. The molecule has 1 amide bonds. The zero-order chi connectivity index (χ0) is 39.1. The van der Waals surface area contributed by atoms with Crippen LogP contribution in [-0.2, 0) is 34.3 Å². The maximum absolute atomic E-state index is 14.0. The average Bonchev–Trinajstić information content (AvgIpc) is 3.93. The smallest absolute Gasteiger partial charge is 0.354 e. The molecule has 1 aliphatic carbocycles. The SMILES string of the molecule is COC(=O)c1cc2c([nH]1)-c1c(C(=O)OC)cc(C(=O)NOCCCCCCSC(c3ccccc3)(c3ccccc3)c3ccccc3)nc1C(=O)C21OCCO1.